The van der Waals surface area contributed by atoms with Crippen LogP contribution in [0.3, 0.4) is 0 Å². The van der Waals surface area contributed by atoms with Crippen molar-refractivity contribution < 1.29 is 19.4 Å². The van der Waals surface area contributed by atoms with E-state index in [1.54, 1.807) is 0 Å². The summed E-state index contributed by atoms with van der Waals surface area (Å²) in [6.45, 7) is 3.02. The zero-order valence-corrected chi connectivity index (χ0v) is 10.4. The maximum atomic E-state index is 11.8. The molecule has 0 saturated heterocycles. The smallest absolute Gasteiger partial charge is 0.323 e. The summed E-state index contributed by atoms with van der Waals surface area (Å²) in [6, 6.07) is -0.336. The number of ether oxygens (including phenoxy) is 1. The van der Waals surface area contributed by atoms with Crippen molar-refractivity contribution in [3.8, 4) is 0 Å². The molecule has 1 rings (SSSR count). The molecule has 2 N–H and O–H groups in total. The first kappa shape index (κ1) is 13.8. The van der Waals surface area contributed by atoms with Gasteiger partial charge in [0.25, 0.3) is 0 Å². The van der Waals surface area contributed by atoms with Crippen molar-refractivity contribution in [1.82, 2.24) is 10.2 Å². The molecule has 1 saturated carbocycles. The van der Waals surface area contributed by atoms with Crippen LogP contribution in [-0.2, 0) is 9.53 Å². The monoisotopic (exact) mass is 244 g/mol. The summed E-state index contributed by atoms with van der Waals surface area (Å²) in [7, 11) is 1.52. The van der Waals surface area contributed by atoms with E-state index < -0.39 is 5.97 Å². The Bertz CT molecular complexity index is 289. The van der Waals surface area contributed by atoms with Crippen LogP contribution in [0.2, 0.25) is 0 Å². The van der Waals surface area contributed by atoms with E-state index in [-0.39, 0.29) is 24.5 Å². The lowest BCUT2D eigenvalue weighted by atomic mass is 10.1. The molecular weight excluding hydrogens is 224 g/mol. The normalized spacial score (nSPS) is 16.4. The van der Waals surface area contributed by atoms with Gasteiger partial charge in [-0.3, -0.25) is 4.79 Å². The fraction of sp³-hybridized carbons (Fsp3) is 0.818. The van der Waals surface area contributed by atoms with E-state index >= 15 is 0 Å². The summed E-state index contributed by atoms with van der Waals surface area (Å²) in [5.41, 5.74) is 0.214. The van der Waals surface area contributed by atoms with Crippen molar-refractivity contribution in [2.45, 2.75) is 19.8 Å². The molecule has 6 nitrogen and oxygen atoms in total. The van der Waals surface area contributed by atoms with Gasteiger partial charge in [-0.25, -0.2) is 4.79 Å². The number of carbonyl (C=O) groups is 2. The molecule has 2 amide bonds. The number of rotatable bonds is 7. The highest BCUT2D eigenvalue weighted by atomic mass is 16.5. The lowest BCUT2D eigenvalue weighted by Gasteiger charge is -2.21. The molecule has 1 aliphatic rings. The molecule has 0 spiro atoms. The Labute approximate surface area is 101 Å². The van der Waals surface area contributed by atoms with Crippen molar-refractivity contribution in [1.29, 1.82) is 0 Å². The van der Waals surface area contributed by atoms with Crippen LogP contribution in [0, 0.1) is 5.41 Å². The highest BCUT2D eigenvalue weighted by Crippen LogP contribution is 2.44. The molecule has 17 heavy (non-hydrogen) atoms. The number of nitrogens with zero attached hydrogens (tertiary/aromatic N) is 1. The molecule has 0 unspecified atom stereocenters. The number of hydrogen-bond acceptors (Lipinski definition) is 3. The number of carboxylic acid groups (broad SMARTS) is 1. The van der Waals surface area contributed by atoms with Gasteiger partial charge >= 0.3 is 12.0 Å². The maximum absolute atomic E-state index is 11.8. The first-order valence-corrected chi connectivity index (χ1v) is 5.70. The molecule has 0 radical (unpaired) electrons. The molecule has 0 atom stereocenters. The third-order valence-corrected chi connectivity index (χ3v) is 2.95. The molecular formula is C11H20N2O4. The molecule has 0 aromatic heterocycles. The van der Waals surface area contributed by atoms with Crippen LogP contribution in [0.1, 0.15) is 19.8 Å². The van der Waals surface area contributed by atoms with Gasteiger partial charge in [0.15, 0.2) is 0 Å². The number of nitrogens with one attached hydrogen (secondary N) is 1. The van der Waals surface area contributed by atoms with Crippen LogP contribution < -0.4 is 5.32 Å². The van der Waals surface area contributed by atoms with Crippen molar-refractivity contribution in [2.75, 3.05) is 33.4 Å². The largest absolute Gasteiger partial charge is 0.480 e. The Hall–Kier alpha value is -1.30. The molecule has 98 valence electrons. The van der Waals surface area contributed by atoms with E-state index in [0.717, 1.165) is 12.8 Å². The summed E-state index contributed by atoms with van der Waals surface area (Å²) in [6.07, 6.45) is 2.23. The summed E-state index contributed by atoms with van der Waals surface area (Å²) in [5.74, 6) is -1.02. The van der Waals surface area contributed by atoms with E-state index in [9.17, 15) is 9.59 Å². The van der Waals surface area contributed by atoms with Crippen molar-refractivity contribution >= 4 is 12.0 Å². The number of hydrogen-bond donors (Lipinski definition) is 2. The predicted octanol–water partition coefficient (Wildman–Crippen LogP) is 0.529. The standard InChI is InChI=1S/C11H20N2O4/c1-11(3-4-11)8-12-10(16)13(5-6-17-2)7-9(14)15/h3-8H2,1-2H3,(H,12,16)(H,14,15). The van der Waals surface area contributed by atoms with Crippen LogP contribution in [0.4, 0.5) is 4.79 Å². The van der Waals surface area contributed by atoms with E-state index in [0.29, 0.717) is 13.2 Å². The van der Waals surface area contributed by atoms with Gasteiger partial charge in [-0.15, -0.1) is 0 Å². The summed E-state index contributed by atoms with van der Waals surface area (Å²) < 4.78 is 4.85. The second-order valence-electron chi connectivity index (χ2n) is 4.78. The van der Waals surface area contributed by atoms with Crippen LogP contribution in [-0.4, -0.2) is 55.4 Å². The Morgan fingerprint density at radius 2 is 2.12 bits per heavy atom. The van der Waals surface area contributed by atoms with Gasteiger partial charge < -0.3 is 20.1 Å². The van der Waals surface area contributed by atoms with Crippen molar-refractivity contribution in [3.63, 3.8) is 0 Å². The van der Waals surface area contributed by atoms with Gasteiger partial charge in [-0.1, -0.05) is 6.92 Å². The number of aliphatic carboxylic acids is 1. The van der Waals surface area contributed by atoms with E-state index in [1.165, 1.54) is 12.0 Å². The van der Waals surface area contributed by atoms with Gasteiger partial charge in [-0.2, -0.15) is 0 Å². The average molecular weight is 244 g/mol. The first-order chi connectivity index (χ1) is 7.97. The molecule has 6 heteroatoms. The molecule has 1 aliphatic carbocycles. The zero-order chi connectivity index (χ0) is 12.9. The Morgan fingerprint density at radius 1 is 1.47 bits per heavy atom. The summed E-state index contributed by atoms with van der Waals surface area (Å²) in [4.78, 5) is 23.6. The minimum absolute atomic E-state index is 0.214. The quantitative estimate of drug-likeness (QED) is 0.684. The second-order valence-corrected chi connectivity index (χ2v) is 4.78. The van der Waals surface area contributed by atoms with Gasteiger partial charge in [0.2, 0.25) is 0 Å². The van der Waals surface area contributed by atoms with E-state index in [2.05, 4.69) is 12.2 Å². The number of amides is 2. The van der Waals surface area contributed by atoms with Crippen LogP contribution in [0.5, 0.6) is 0 Å². The minimum atomic E-state index is -1.02. The lowest BCUT2D eigenvalue weighted by Crippen LogP contribution is -2.45. The van der Waals surface area contributed by atoms with Crippen molar-refractivity contribution in [3.05, 3.63) is 0 Å². The van der Waals surface area contributed by atoms with Gasteiger partial charge in [0, 0.05) is 20.2 Å². The van der Waals surface area contributed by atoms with Gasteiger partial charge in [0.05, 0.1) is 6.61 Å². The lowest BCUT2D eigenvalue weighted by molar-refractivity contribution is -0.137. The van der Waals surface area contributed by atoms with Gasteiger partial charge in [0.1, 0.15) is 6.54 Å². The molecule has 0 bridgehead atoms. The molecule has 0 aromatic carbocycles. The highest BCUT2D eigenvalue weighted by Gasteiger charge is 2.37. The Morgan fingerprint density at radius 3 is 2.59 bits per heavy atom. The third-order valence-electron chi connectivity index (χ3n) is 2.95. The van der Waals surface area contributed by atoms with Crippen molar-refractivity contribution in [2.24, 2.45) is 5.41 Å². The fourth-order valence-corrected chi connectivity index (χ4v) is 1.41. The average Bonchev–Trinajstić information content (AvgIpc) is 2.99. The van der Waals surface area contributed by atoms with Crippen LogP contribution >= 0.6 is 0 Å². The van der Waals surface area contributed by atoms with E-state index in [1.807, 2.05) is 0 Å². The SMILES string of the molecule is COCCN(CC(=O)O)C(=O)NCC1(C)CC1. The topological polar surface area (TPSA) is 78.9 Å². The summed E-state index contributed by atoms with van der Waals surface area (Å²) in [5, 5.41) is 11.5. The predicted molar refractivity (Wildman–Crippen MR) is 61.8 cm³/mol. The third kappa shape index (κ3) is 5.04. The van der Waals surface area contributed by atoms with Gasteiger partial charge in [-0.05, 0) is 18.3 Å². The first-order valence-electron chi connectivity index (χ1n) is 5.70. The number of carbonyl (C=O) groups excluding carboxylic acids is 1. The molecule has 0 aliphatic heterocycles. The van der Waals surface area contributed by atoms with Crippen LogP contribution in [0.15, 0.2) is 0 Å². The molecule has 0 aromatic rings. The number of urea groups is 1. The summed E-state index contributed by atoms with van der Waals surface area (Å²) >= 11 is 0. The zero-order valence-electron chi connectivity index (χ0n) is 10.4. The maximum Gasteiger partial charge on any atom is 0.323 e. The fourth-order valence-electron chi connectivity index (χ4n) is 1.41. The second kappa shape index (κ2) is 5.86. The molecule has 1 fully saturated rings. The van der Waals surface area contributed by atoms with E-state index in [4.69, 9.17) is 9.84 Å². The molecule has 0 heterocycles. The minimum Gasteiger partial charge on any atom is -0.480 e. The Kier molecular flexibility index (Phi) is 4.74. The Balaban J connectivity index is 2.37. The number of methoxy groups -OCH3 is 1. The number of carboxylic acids is 1. The highest BCUT2D eigenvalue weighted by molar-refractivity contribution is 5.80. The van der Waals surface area contributed by atoms with Crippen LogP contribution in [0.25, 0.3) is 0 Å².